The van der Waals surface area contributed by atoms with E-state index in [0.29, 0.717) is 5.56 Å². The molecule has 2 aromatic heterocycles. The number of piperazine rings is 1. The smallest absolute Gasteiger partial charge is 0.227 e. The van der Waals surface area contributed by atoms with Crippen LogP contribution in [-0.2, 0) is 4.74 Å². The second-order valence-electron chi connectivity index (χ2n) is 6.29. The third-order valence-corrected chi connectivity index (χ3v) is 4.79. The molecule has 0 aliphatic carbocycles. The molecule has 0 atom stereocenters. The van der Waals surface area contributed by atoms with Crippen molar-refractivity contribution in [3.05, 3.63) is 36.3 Å². The summed E-state index contributed by atoms with van der Waals surface area (Å²) in [6.07, 6.45) is 5.25. The molecule has 0 unspecified atom stereocenters. The molecule has 0 N–H and O–H groups in total. The van der Waals surface area contributed by atoms with Gasteiger partial charge < -0.3 is 19.4 Å². The lowest BCUT2D eigenvalue weighted by atomic mass is 10.2. The van der Waals surface area contributed by atoms with Crippen LogP contribution in [0.5, 0.6) is 0 Å². The number of pyridine rings is 1. The second kappa shape index (κ2) is 7.54. The van der Waals surface area contributed by atoms with E-state index in [-0.39, 0.29) is 0 Å². The Morgan fingerprint density at radius 1 is 0.923 bits per heavy atom. The molecule has 0 radical (unpaired) electrons. The van der Waals surface area contributed by atoms with Gasteiger partial charge in [0.05, 0.1) is 30.7 Å². The topological polar surface area (TPSA) is 81.4 Å². The average Bonchev–Trinajstić information content (AvgIpc) is 2.74. The molecule has 0 saturated carbocycles. The first-order valence-corrected chi connectivity index (χ1v) is 8.85. The zero-order valence-corrected chi connectivity index (χ0v) is 14.6. The van der Waals surface area contributed by atoms with Gasteiger partial charge in [-0.05, 0) is 12.1 Å². The van der Waals surface area contributed by atoms with Crippen LogP contribution >= 0.6 is 0 Å². The molecule has 2 fully saturated rings. The van der Waals surface area contributed by atoms with E-state index in [1.807, 2.05) is 12.3 Å². The molecule has 26 heavy (non-hydrogen) atoms. The van der Waals surface area contributed by atoms with Crippen LogP contribution in [0.3, 0.4) is 0 Å². The van der Waals surface area contributed by atoms with Crippen LogP contribution in [0.4, 0.5) is 17.5 Å². The summed E-state index contributed by atoms with van der Waals surface area (Å²) >= 11 is 0. The van der Waals surface area contributed by atoms with Gasteiger partial charge in [-0.15, -0.1) is 0 Å². The maximum absolute atomic E-state index is 9.29. The maximum atomic E-state index is 9.29. The summed E-state index contributed by atoms with van der Waals surface area (Å²) in [7, 11) is 0. The van der Waals surface area contributed by atoms with E-state index in [1.165, 1.54) is 0 Å². The third kappa shape index (κ3) is 3.39. The Labute approximate surface area is 152 Å². The molecule has 2 aliphatic rings. The second-order valence-corrected chi connectivity index (χ2v) is 6.29. The number of hydrogen-bond acceptors (Lipinski definition) is 8. The number of anilines is 3. The van der Waals surface area contributed by atoms with Crippen molar-refractivity contribution in [1.82, 2.24) is 15.0 Å². The first-order valence-electron chi connectivity index (χ1n) is 8.85. The van der Waals surface area contributed by atoms with Crippen molar-refractivity contribution in [3.8, 4) is 6.07 Å². The molecule has 2 aliphatic heterocycles. The largest absolute Gasteiger partial charge is 0.378 e. The molecule has 134 valence electrons. The minimum absolute atomic E-state index is 0.666. The van der Waals surface area contributed by atoms with E-state index < -0.39 is 0 Å². The van der Waals surface area contributed by atoms with Gasteiger partial charge in [0.2, 0.25) is 5.95 Å². The van der Waals surface area contributed by atoms with E-state index >= 15 is 0 Å². The van der Waals surface area contributed by atoms with E-state index in [0.717, 1.165) is 69.9 Å². The highest BCUT2D eigenvalue weighted by atomic mass is 16.5. The minimum Gasteiger partial charge on any atom is -0.378 e. The SMILES string of the molecule is N#Cc1ccncc1N1CCN(c2nccc(N3CCOCC3)n2)CC1. The molecular formula is C18H21N7O. The number of hydrogen-bond donors (Lipinski definition) is 0. The average molecular weight is 351 g/mol. The monoisotopic (exact) mass is 351 g/mol. The zero-order valence-electron chi connectivity index (χ0n) is 14.6. The van der Waals surface area contributed by atoms with Crippen molar-refractivity contribution in [2.24, 2.45) is 0 Å². The Balaban J connectivity index is 1.44. The molecule has 8 heteroatoms. The highest BCUT2D eigenvalue weighted by molar-refractivity contribution is 5.58. The van der Waals surface area contributed by atoms with Gasteiger partial charge in [0.1, 0.15) is 11.9 Å². The molecular weight excluding hydrogens is 330 g/mol. The van der Waals surface area contributed by atoms with Gasteiger partial charge in [-0.1, -0.05) is 0 Å². The molecule has 0 aromatic carbocycles. The highest BCUT2D eigenvalue weighted by Crippen LogP contribution is 2.22. The van der Waals surface area contributed by atoms with Gasteiger partial charge >= 0.3 is 0 Å². The fourth-order valence-electron chi connectivity index (χ4n) is 3.34. The van der Waals surface area contributed by atoms with Gasteiger partial charge in [-0.25, -0.2) is 4.98 Å². The van der Waals surface area contributed by atoms with Crippen LogP contribution in [-0.4, -0.2) is 67.4 Å². The Morgan fingerprint density at radius 2 is 1.69 bits per heavy atom. The number of nitriles is 1. The van der Waals surface area contributed by atoms with Gasteiger partial charge in [-0.3, -0.25) is 4.98 Å². The fourth-order valence-corrected chi connectivity index (χ4v) is 3.34. The van der Waals surface area contributed by atoms with E-state index in [2.05, 4.69) is 30.7 Å². The lowest BCUT2D eigenvalue weighted by Gasteiger charge is -2.36. The van der Waals surface area contributed by atoms with Crippen molar-refractivity contribution in [2.45, 2.75) is 0 Å². The minimum atomic E-state index is 0.666. The summed E-state index contributed by atoms with van der Waals surface area (Å²) in [4.78, 5) is 20.0. The lowest BCUT2D eigenvalue weighted by Crippen LogP contribution is -2.47. The van der Waals surface area contributed by atoms with Crippen LogP contribution in [0, 0.1) is 11.3 Å². The molecule has 0 spiro atoms. The van der Waals surface area contributed by atoms with E-state index in [9.17, 15) is 5.26 Å². The summed E-state index contributed by atoms with van der Waals surface area (Å²) in [5.41, 5.74) is 1.57. The van der Waals surface area contributed by atoms with Crippen molar-refractivity contribution in [2.75, 3.05) is 67.2 Å². The molecule has 0 amide bonds. The number of rotatable bonds is 3. The quantitative estimate of drug-likeness (QED) is 0.807. The van der Waals surface area contributed by atoms with Crippen LogP contribution in [0.1, 0.15) is 5.56 Å². The number of nitrogens with zero attached hydrogens (tertiary/aromatic N) is 7. The molecule has 2 saturated heterocycles. The molecule has 0 bridgehead atoms. The number of ether oxygens (including phenoxy) is 1. The van der Waals surface area contributed by atoms with Gasteiger partial charge in [-0.2, -0.15) is 10.2 Å². The first-order chi connectivity index (χ1) is 12.8. The highest BCUT2D eigenvalue weighted by Gasteiger charge is 2.22. The third-order valence-electron chi connectivity index (χ3n) is 4.79. The van der Waals surface area contributed by atoms with Crippen molar-refractivity contribution < 1.29 is 4.74 Å². The summed E-state index contributed by atoms with van der Waals surface area (Å²) in [5, 5.41) is 9.29. The molecule has 2 aromatic rings. The van der Waals surface area contributed by atoms with Crippen molar-refractivity contribution in [3.63, 3.8) is 0 Å². The summed E-state index contributed by atoms with van der Waals surface area (Å²) in [6.45, 7) is 6.45. The fraction of sp³-hybridized carbons (Fsp3) is 0.444. The predicted molar refractivity (Wildman–Crippen MR) is 98.4 cm³/mol. The number of morpholine rings is 1. The standard InChI is InChI=1S/C18H21N7O/c19-13-15-1-3-20-14-16(15)23-5-7-25(8-6-23)18-21-4-2-17(22-18)24-9-11-26-12-10-24/h1-4,14H,5-12H2. The Hall–Kier alpha value is -2.92. The molecule has 4 heterocycles. The maximum Gasteiger partial charge on any atom is 0.227 e. The predicted octanol–water partition coefficient (Wildman–Crippen LogP) is 0.906. The van der Waals surface area contributed by atoms with Gasteiger partial charge in [0, 0.05) is 51.7 Å². The lowest BCUT2D eigenvalue weighted by molar-refractivity contribution is 0.122. The van der Waals surface area contributed by atoms with Crippen LogP contribution in [0.2, 0.25) is 0 Å². The molecule has 4 rings (SSSR count). The zero-order chi connectivity index (χ0) is 17.8. The summed E-state index contributed by atoms with van der Waals surface area (Å²) in [6, 6.07) is 5.96. The van der Waals surface area contributed by atoms with Crippen LogP contribution < -0.4 is 14.7 Å². The number of aromatic nitrogens is 3. The van der Waals surface area contributed by atoms with Crippen molar-refractivity contribution in [1.29, 1.82) is 5.26 Å². The van der Waals surface area contributed by atoms with Crippen LogP contribution in [0.25, 0.3) is 0 Å². The normalized spacial score (nSPS) is 17.9. The van der Waals surface area contributed by atoms with Crippen molar-refractivity contribution >= 4 is 17.5 Å². The van der Waals surface area contributed by atoms with Gasteiger partial charge in [0.25, 0.3) is 0 Å². The summed E-state index contributed by atoms with van der Waals surface area (Å²) in [5.74, 6) is 1.72. The van der Waals surface area contributed by atoms with E-state index in [1.54, 1.807) is 18.5 Å². The Bertz CT molecular complexity index is 792. The molecule has 8 nitrogen and oxygen atoms in total. The van der Waals surface area contributed by atoms with Gasteiger partial charge in [0.15, 0.2) is 0 Å². The summed E-state index contributed by atoms with van der Waals surface area (Å²) < 4.78 is 5.41. The van der Waals surface area contributed by atoms with Crippen LogP contribution in [0.15, 0.2) is 30.7 Å². The Kier molecular flexibility index (Phi) is 4.80. The van der Waals surface area contributed by atoms with E-state index in [4.69, 9.17) is 9.72 Å². The first kappa shape index (κ1) is 16.5. The Morgan fingerprint density at radius 3 is 2.46 bits per heavy atom.